The molecule has 4 aliphatic carbocycles. The molecule has 0 bridgehead atoms. The van der Waals surface area contributed by atoms with Gasteiger partial charge in [-0.05, 0) is 110 Å². The van der Waals surface area contributed by atoms with Gasteiger partial charge in [-0.2, -0.15) is 10.2 Å². The van der Waals surface area contributed by atoms with Crippen LogP contribution in [0.4, 0.5) is 0 Å². The van der Waals surface area contributed by atoms with Gasteiger partial charge in [0.05, 0.1) is 17.5 Å². The minimum atomic E-state index is -0.141. The number of aliphatic hydroxyl groups excluding tert-OH is 1. The van der Waals surface area contributed by atoms with E-state index in [1.54, 1.807) is 12.5 Å². The summed E-state index contributed by atoms with van der Waals surface area (Å²) in [5, 5.41) is 22.8. The maximum atomic E-state index is 11.2. The fraction of sp³-hybridized carbons (Fsp3) is 0.759. The lowest BCUT2D eigenvalue weighted by molar-refractivity contribution is -0.119. The smallest absolute Gasteiger partial charge is 0.216 e. The van der Waals surface area contributed by atoms with Gasteiger partial charge in [-0.1, -0.05) is 32.4 Å². The molecule has 34 heavy (non-hydrogen) atoms. The molecule has 0 aliphatic heterocycles. The van der Waals surface area contributed by atoms with Crippen LogP contribution in [0.15, 0.2) is 11.6 Å². The van der Waals surface area contributed by atoms with Gasteiger partial charge >= 0.3 is 0 Å². The number of carbonyl (C=O) groups excluding carboxylic acids is 1. The Kier molecular flexibility index (Phi) is 6.15. The van der Waals surface area contributed by atoms with Crippen LogP contribution in [0, 0.1) is 36.0 Å². The van der Waals surface area contributed by atoms with Crippen molar-refractivity contribution in [1.29, 1.82) is 0 Å². The van der Waals surface area contributed by atoms with Crippen molar-refractivity contribution in [2.75, 3.05) is 6.54 Å². The number of amides is 1. The Bertz CT molecular complexity index is 1000. The first-order valence-electron chi connectivity index (χ1n) is 13.6. The summed E-state index contributed by atoms with van der Waals surface area (Å²) in [5.41, 5.74) is 7.29. The second-order valence-corrected chi connectivity index (χ2v) is 12.5. The molecule has 1 heterocycles. The molecule has 0 unspecified atom stereocenters. The summed E-state index contributed by atoms with van der Waals surface area (Å²) in [6.45, 7) is 11.8. The van der Waals surface area contributed by atoms with Crippen LogP contribution < -0.4 is 5.32 Å². The number of nitrogens with one attached hydrogen (secondary N) is 1. The van der Waals surface area contributed by atoms with Crippen molar-refractivity contribution in [3.8, 4) is 0 Å². The van der Waals surface area contributed by atoms with Gasteiger partial charge in [-0.3, -0.25) is 4.79 Å². The molecule has 1 aromatic rings. The van der Waals surface area contributed by atoms with Crippen molar-refractivity contribution in [3.05, 3.63) is 34.2 Å². The molecular weight excluding hydrogens is 422 g/mol. The first-order chi connectivity index (χ1) is 16.1. The Morgan fingerprint density at radius 2 is 1.94 bits per heavy atom. The van der Waals surface area contributed by atoms with Gasteiger partial charge in [0.2, 0.25) is 5.91 Å². The zero-order chi connectivity index (χ0) is 24.3. The lowest BCUT2D eigenvalue weighted by Gasteiger charge is -2.57. The van der Waals surface area contributed by atoms with Crippen LogP contribution in [0.3, 0.4) is 0 Å². The first kappa shape index (κ1) is 24.0. The van der Waals surface area contributed by atoms with E-state index in [1.165, 1.54) is 29.7 Å². The SMILES string of the molecule is CC(=O)NC[C@H](C)CCc1nnc2c(c1C)[C@@]1(C)CC[C@@H]3[C@H](CC=C4C[C@@H](O)CC[C@@]43C)[C@@H]1C2. The minimum Gasteiger partial charge on any atom is -0.393 e. The summed E-state index contributed by atoms with van der Waals surface area (Å²) in [7, 11) is 0. The number of fused-ring (bicyclic) bond motifs is 7. The van der Waals surface area contributed by atoms with Crippen molar-refractivity contribution in [2.24, 2.45) is 29.1 Å². The van der Waals surface area contributed by atoms with E-state index in [-0.39, 0.29) is 22.8 Å². The van der Waals surface area contributed by atoms with Crippen molar-refractivity contribution in [2.45, 2.75) is 104 Å². The highest BCUT2D eigenvalue weighted by Gasteiger charge is 2.58. The van der Waals surface area contributed by atoms with Gasteiger partial charge in [0, 0.05) is 13.5 Å². The summed E-state index contributed by atoms with van der Waals surface area (Å²) >= 11 is 0. The Balaban J connectivity index is 1.37. The van der Waals surface area contributed by atoms with Crippen molar-refractivity contribution >= 4 is 5.91 Å². The number of hydrogen-bond acceptors (Lipinski definition) is 4. The van der Waals surface area contributed by atoms with Gasteiger partial charge < -0.3 is 10.4 Å². The monoisotopic (exact) mass is 465 g/mol. The average molecular weight is 466 g/mol. The van der Waals surface area contributed by atoms with E-state index in [4.69, 9.17) is 10.2 Å². The van der Waals surface area contributed by atoms with E-state index in [0.717, 1.165) is 63.1 Å². The van der Waals surface area contributed by atoms with E-state index in [1.807, 2.05) is 0 Å². The fourth-order valence-corrected chi connectivity index (χ4v) is 8.41. The average Bonchev–Trinajstić information content (AvgIpc) is 3.11. The topological polar surface area (TPSA) is 75.1 Å². The van der Waals surface area contributed by atoms with Gasteiger partial charge in [0.15, 0.2) is 0 Å². The van der Waals surface area contributed by atoms with E-state index in [9.17, 15) is 9.90 Å². The highest BCUT2D eigenvalue weighted by atomic mass is 16.3. The van der Waals surface area contributed by atoms with E-state index >= 15 is 0 Å². The molecule has 4 aliphatic rings. The van der Waals surface area contributed by atoms with Crippen molar-refractivity contribution < 1.29 is 9.90 Å². The maximum absolute atomic E-state index is 11.2. The van der Waals surface area contributed by atoms with Crippen LogP contribution in [0.5, 0.6) is 0 Å². The van der Waals surface area contributed by atoms with Gasteiger partial charge in [-0.15, -0.1) is 0 Å². The predicted molar refractivity (Wildman–Crippen MR) is 134 cm³/mol. The summed E-state index contributed by atoms with van der Waals surface area (Å²) in [5.74, 6) is 2.55. The number of aliphatic hydroxyl groups is 1. The molecule has 7 atom stereocenters. The molecule has 2 N–H and O–H groups in total. The third-order valence-corrected chi connectivity index (χ3v) is 10.4. The third-order valence-electron chi connectivity index (χ3n) is 10.4. The van der Waals surface area contributed by atoms with Gasteiger partial charge in [0.25, 0.3) is 0 Å². The number of nitrogens with zero attached hydrogens (tertiary/aromatic N) is 2. The third kappa shape index (κ3) is 3.83. The molecule has 0 aromatic carbocycles. The first-order valence-corrected chi connectivity index (χ1v) is 13.6. The Labute approximate surface area is 205 Å². The Hall–Kier alpha value is -1.75. The van der Waals surface area contributed by atoms with Gasteiger partial charge in [-0.25, -0.2) is 0 Å². The molecule has 186 valence electrons. The maximum Gasteiger partial charge on any atom is 0.216 e. The van der Waals surface area contributed by atoms with E-state index in [0.29, 0.717) is 17.8 Å². The van der Waals surface area contributed by atoms with E-state index < -0.39 is 0 Å². The van der Waals surface area contributed by atoms with Gasteiger partial charge in [0.1, 0.15) is 0 Å². The lowest BCUT2D eigenvalue weighted by Crippen LogP contribution is -2.51. The summed E-state index contributed by atoms with van der Waals surface area (Å²) in [4.78, 5) is 11.2. The largest absolute Gasteiger partial charge is 0.393 e. The number of aryl methyl sites for hydroxylation is 1. The second kappa shape index (κ2) is 8.72. The van der Waals surface area contributed by atoms with Crippen LogP contribution >= 0.6 is 0 Å². The summed E-state index contributed by atoms with van der Waals surface area (Å²) < 4.78 is 0. The number of hydrogen-bond donors (Lipinski definition) is 2. The molecule has 1 amide bonds. The number of carbonyl (C=O) groups is 1. The molecule has 0 spiro atoms. The van der Waals surface area contributed by atoms with Crippen LogP contribution in [-0.2, 0) is 23.1 Å². The number of aromatic nitrogens is 2. The van der Waals surface area contributed by atoms with Crippen LogP contribution in [0.2, 0.25) is 0 Å². The summed E-state index contributed by atoms with van der Waals surface area (Å²) in [6.07, 6.45) is 12.0. The Morgan fingerprint density at radius 1 is 1.18 bits per heavy atom. The fourth-order valence-electron chi connectivity index (χ4n) is 8.41. The highest BCUT2D eigenvalue weighted by Crippen LogP contribution is 2.64. The molecule has 5 rings (SSSR count). The molecule has 2 saturated carbocycles. The van der Waals surface area contributed by atoms with Crippen molar-refractivity contribution in [3.63, 3.8) is 0 Å². The molecule has 1 aromatic heterocycles. The highest BCUT2D eigenvalue weighted by molar-refractivity contribution is 5.72. The van der Waals surface area contributed by atoms with Crippen LogP contribution in [0.25, 0.3) is 0 Å². The molecule has 2 fully saturated rings. The lowest BCUT2D eigenvalue weighted by atomic mass is 9.47. The zero-order valence-corrected chi connectivity index (χ0v) is 21.8. The molecule has 0 saturated heterocycles. The van der Waals surface area contributed by atoms with Crippen molar-refractivity contribution in [1.82, 2.24) is 15.5 Å². The number of allylic oxidation sites excluding steroid dienone is 1. The predicted octanol–water partition coefficient (Wildman–Crippen LogP) is 4.83. The second-order valence-electron chi connectivity index (χ2n) is 12.5. The van der Waals surface area contributed by atoms with Crippen LogP contribution in [0.1, 0.15) is 95.2 Å². The summed E-state index contributed by atoms with van der Waals surface area (Å²) in [6, 6.07) is 0. The van der Waals surface area contributed by atoms with E-state index in [2.05, 4.69) is 39.1 Å². The van der Waals surface area contributed by atoms with Crippen LogP contribution in [-0.4, -0.2) is 33.9 Å². The zero-order valence-electron chi connectivity index (χ0n) is 21.8. The molecule has 0 radical (unpaired) electrons. The molecule has 5 nitrogen and oxygen atoms in total. The molecule has 5 heteroatoms. The standard InChI is InChI=1S/C29H43N3O2/c1-17(16-30-19(3)33)6-9-25-18(2)27-26(32-31-25)15-24-22-8-7-20-14-21(34)10-12-28(20,4)23(22)11-13-29(24,27)5/h7,17,21-24,34H,6,8-16H2,1-5H3,(H,30,33)/t17-,21+,22+,23-,24+,28+,29+/m1/s1. The number of rotatable bonds is 5. The minimum absolute atomic E-state index is 0.0397. The Morgan fingerprint density at radius 3 is 2.71 bits per heavy atom. The quantitative estimate of drug-likeness (QED) is 0.611. The normalized spacial score (nSPS) is 37.1. The molecular formula is C29H43N3O2.